The van der Waals surface area contributed by atoms with Crippen molar-refractivity contribution >= 4 is 54.3 Å². The fraction of sp³-hybridized carbons (Fsp3) is 0.316. The maximum absolute atomic E-state index is 11.5. The minimum Gasteiger partial charge on any atom is -0.496 e. The zero-order chi connectivity index (χ0) is 20.2. The summed E-state index contributed by atoms with van der Waals surface area (Å²) in [6.45, 7) is 3.60. The Bertz CT molecular complexity index is 899. The maximum Gasteiger partial charge on any atom is 0.319 e. The van der Waals surface area contributed by atoms with Crippen LogP contribution in [0.5, 0.6) is 5.75 Å². The summed E-state index contributed by atoms with van der Waals surface area (Å²) < 4.78 is 4.47. The van der Waals surface area contributed by atoms with Crippen molar-refractivity contribution in [2.75, 3.05) is 14.2 Å². The molecule has 2 N–H and O–H groups in total. The Morgan fingerprint density at radius 3 is 2.44 bits per heavy atom. The smallest absolute Gasteiger partial charge is 0.319 e. The second-order valence-corrected chi connectivity index (χ2v) is 8.61. The van der Waals surface area contributed by atoms with Gasteiger partial charge in [0.25, 0.3) is 0 Å². The van der Waals surface area contributed by atoms with Gasteiger partial charge in [0.1, 0.15) is 10.5 Å². The Hall–Kier alpha value is -2.06. The van der Waals surface area contributed by atoms with Crippen molar-refractivity contribution in [3.05, 3.63) is 42.0 Å². The van der Waals surface area contributed by atoms with E-state index in [9.17, 15) is 9.90 Å². The minimum absolute atomic E-state index is 0.108. The number of aliphatic imine (C=N–C) groups is 1. The summed E-state index contributed by atoms with van der Waals surface area (Å²) in [5.41, 5.74) is 0.977. The first-order chi connectivity index (χ1) is 12.7. The van der Waals surface area contributed by atoms with E-state index in [4.69, 9.17) is 10.1 Å². The molecule has 2 rings (SSSR count). The summed E-state index contributed by atoms with van der Waals surface area (Å²) in [7, 11) is 3.23. The number of carbonyl (C=O) groups is 1. The molecule has 2 aromatic rings. The van der Waals surface area contributed by atoms with Gasteiger partial charge in [-0.2, -0.15) is 0 Å². The van der Waals surface area contributed by atoms with E-state index < -0.39 is 10.7 Å². The average molecular weight is 452 g/mol. The quantitative estimate of drug-likeness (QED) is 0.395. The first-order valence-corrected chi connectivity index (χ1v) is 9.77. The molecule has 0 aliphatic carbocycles. The Kier molecular flexibility index (Phi) is 6.89. The summed E-state index contributed by atoms with van der Waals surface area (Å²) in [6, 6.07) is 11.7. The fourth-order valence-corrected chi connectivity index (χ4v) is 3.85. The number of hydrogen-bond acceptors (Lipinski definition) is 5. The molecule has 2 aromatic carbocycles. The van der Waals surface area contributed by atoms with Gasteiger partial charge < -0.3 is 9.84 Å². The molecule has 0 aliphatic heterocycles. The van der Waals surface area contributed by atoms with Gasteiger partial charge in [0.2, 0.25) is 0 Å². The number of hydrogen-bond donors (Lipinski definition) is 2. The van der Waals surface area contributed by atoms with Gasteiger partial charge in [0, 0.05) is 12.4 Å². The van der Waals surface area contributed by atoms with Gasteiger partial charge in [-0.15, -0.1) is 0 Å². The number of carboxylic acid groups (broad SMARTS) is 1. The number of methoxy groups -OCH3 is 1. The Labute approximate surface area is 171 Å². The van der Waals surface area contributed by atoms with E-state index in [1.54, 1.807) is 32.9 Å². The molecule has 0 aliphatic rings. The highest BCUT2D eigenvalue weighted by molar-refractivity contribution is 9.18. The number of nitrogens with zero attached hydrogens (tertiary/aromatic N) is 2. The SMILES string of the molecule is CN=C(SC(C)(C)C(=O)O)N(Cc1ccc(OC)c2ccccc12)C(=N)Br. The van der Waals surface area contributed by atoms with Crippen LogP contribution in [-0.2, 0) is 11.3 Å². The molecule has 0 radical (unpaired) electrons. The number of carboxylic acids is 1. The second-order valence-electron chi connectivity index (χ2n) is 6.27. The van der Waals surface area contributed by atoms with Gasteiger partial charge in [-0.3, -0.25) is 20.1 Å². The standard InChI is InChI=1S/C19H22BrN3O3S/c1-19(2,16(24)25)27-18(22-3)23(17(20)21)11-12-9-10-15(26-4)14-8-6-5-7-13(12)14/h5-10,21H,11H2,1-4H3,(H,24,25). The first-order valence-electron chi connectivity index (χ1n) is 8.16. The molecule has 0 saturated heterocycles. The van der Waals surface area contributed by atoms with Crippen LogP contribution in [0.1, 0.15) is 19.4 Å². The number of aliphatic carboxylic acids is 1. The maximum atomic E-state index is 11.5. The van der Waals surface area contributed by atoms with Gasteiger partial charge in [0.15, 0.2) is 9.91 Å². The number of rotatable bonds is 5. The molecule has 0 aromatic heterocycles. The van der Waals surface area contributed by atoms with Crippen LogP contribution >= 0.6 is 27.7 Å². The van der Waals surface area contributed by atoms with E-state index in [1.165, 1.54) is 0 Å². The number of nitrogens with one attached hydrogen (secondary N) is 1. The van der Waals surface area contributed by atoms with Crippen molar-refractivity contribution in [2.24, 2.45) is 4.99 Å². The fourth-order valence-electron chi connectivity index (χ4n) is 2.53. The summed E-state index contributed by atoms with van der Waals surface area (Å²) in [5.74, 6) is -0.162. The van der Waals surface area contributed by atoms with Gasteiger partial charge >= 0.3 is 5.97 Å². The van der Waals surface area contributed by atoms with Crippen LogP contribution in [0.2, 0.25) is 0 Å². The molecule has 8 heteroatoms. The van der Waals surface area contributed by atoms with Crippen LogP contribution < -0.4 is 4.74 Å². The van der Waals surface area contributed by atoms with Crippen LogP contribution in [0.25, 0.3) is 10.8 Å². The normalized spacial score (nSPS) is 12.1. The van der Waals surface area contributed by atoms with Crippen LogP contribution in [0, 0.1) is 5.41 Å². The van der Waals surface area contributed by atoms with E-state index in [0.29, 0.717) is 11.7 Å². The minimum atomic E-state index is -1.07. The first kappa shape index (κ1) is 21.2. The number of amidine groups is 2. The molecule has 0 amide bonds. The lowest BCUT2D eigenvalue weighted by Crippen LogP contribution is -2.37. The van der Waals surface area contributed by atoms with Crippen molar-refractivity contribution in [3.63, 3.8) is 0 Å². The highest BCUT2D eigenvalue weighted by Gasteiger charge is 2.32. The molecule has 0 bridgehead atoms. The van der Waals surface area contributed by atoms with Crippen LogP contribution in [0.4, 0.5) is 0 Å². The topological polar surface area (TPSA) is 86.0 Å². The molecule has 0 saturated carbocycles. The third-order valence-corrected chi connectivity index (χ3v) is 5.74. The van der Waals surface area contributed by atoms with Gasteiger partial charge in [-0.25, -0.2) is 0 Å². The lowest BCUT2D eigenvalue weighted by atomic mass is 10.0. The Balaban J connectivity index is 2.44. The van der Waals surface area contributed by atoms with Gasteiger partial charge in [0.05, 0.1) is 13.7 Å². The Morgan fingerprint density at radius 1 is 1.30 bits per heavy atom. The lowest BCUT2D eigenvalue weighted by Gasteiger charge is -2.28. The monoisotopic (exact) mass is 451 g/mol. The van der Waals surface area contributed by atoms with E-state index >= 15 is 0 Å². The molecular formula is C19H22BrN3O3S. The number of thioether (sulfide) groups is 1. The summed E-state index contributed by atoms with van der Waals surface area (Å²) in [5, 5.41) is 20.0. The van der Waals surface area contributed by atoms with Gasteiger partial charge in [-0.05, 0) is 46.8 Å². The average Bonchev–Trinajstić information content (AvgIpc) is 2.63. The summed E-state index contributed by atoms with van der Waals surface area (Å²) >= 11 is 4.32. The largest absolute Gasteiger partial charge is 0.496 e. The van der Waals surface area contributed by atoms with E-state index in [0.717, 1.165) is 33.8 Å². The molecule has 144 valence electrons. The molecule has 0 heterocycles. The third kappa shape index (κ3) is 4.81. The number of halogens is 1. The summed E-state index contributed by atoms with van der Waals surface area (Å²) in [6.07, 6.45) is 0. The molecule has 0 fully saturated rings. The molecule has 0 atom stereocenters. The van der Waals surface area contributed by atoms with Crippen LogP contribution in [-0.4, -0.2) is 44.8 Å². The number of ether oxygens (including phenoxy) is 1. The van der Waals surface area contributed by atoms with E-state index in [2.05, 4.69) is 20.9 Å². The van der Waals surface area contributed by atoms with E-state index in [1.807, 2.05) is 36.4 Å². The zero-order valence-electron chi connectivity index (χ0n) is 15.6. The lowest BCUT2D eigenvalue weighted by molar-refractivity contribution is -0.138. The molecule has 6 nitrogen and oxygen atoms in total. The third-order valence-electron chi connectivity index (χ3n) is 4.04. The van der Waals surface area contributed by atoms with Crippen LogP contribution in [0.3, 0.4) is 0 Å². The van der Waals surface area contributed by atoms with Crippen LogP contribution in [0.15, 0.2) is 41.4 Å². The second kappa shape index (κ2) is 8.75. The highest BCUT2D eigenvalue weighted by atomic mass is 79.9. The van der Waals surface area contributed by atoms with Crippen molar-refractivity contribution in [2.45, 2.75) is 25.1 Å². The predicted octanol–water partition coefficient (Wildman–Crippen LogP) is 4.56. The zero-order valence-corrected chi connectivity index (χ0v) is 18.0. The summed E-state index contributed by atoms with van der Waals surface area (Å²) in [4.78, 5) is 17.4. The molecule has 0 unspecified atom stereocenters. The highest BCUT2D eigenvalue weighted by Crippen LogP contribution is 2.32. The molecule has 27 heavy (non-hydrogen) atoms. The van der Waals surface area contributed by atoms with Crippen molar-refractivity contribution < 1.29 is 14.6 Å². The Morgan fingerprint density at radius 2 is 1.93 bits per heavy atom. The molecule has 0 spiro atoms. The number of benzene rings is 2. The van der Waals surface area contributed by atoms with Crippen molar-refractivity contribution in [3.8, 4) is 5.75 Å². The predicted molar refractivity (Wildman–Crippen MR) is 115 cm³/mol. The van der Waals surface area contributed by atoms with Gasteiger partial charge in [-0.1, -0.05) is 42.1 Å². The number of fused-ring (bicyclic) bond motifs is 1. The van der Waals surface area contributed by atoms with E-state index in [-0.39, 0.29) is 4.74 Å². The van der Waals surface area contributed by atoms with Crippen molar-refractivity contribution in [1.29, 1.82) is 5.41 Å². The molecular weight excluding hydrogens is 430 g/mol. The van der Waals surface area contributed by atoms with Crippen molar-refractivity contribution in [1.82, 2.24) is 4.90 Å².